The maximum absolute atomic E-state index is 12.7. The molecule has 0 aromatic heterocycles. The number of nitriles is 1. The van der Waals surface area contributed by atoms with Crippen LogP contribution in [0.1, 0.15) is 18.1 Å². The largest absolute Gasteiger partial charge is 0.490 e. The third-order valence-corrected chi connectivity index (χ3v) is 5.89. The van der Waals surface area contributed by atoms with Gasteiger partial charge in [-0.15, -0.1) is 0 Å². The van der Waals surface area contributed by atoms with Gasteiger partial charge in [0.05, 0.1) is 15.1 Å². The summed E-state index contributed by atoms with van der Waals surface area (Å²) in [5.74, 6) is -0.380. The number of nitro benzene ring substituents is 1. The molecule has 3 aromatic carbocycles. The Hall–Kier alpha value is -4.44. The summed E-state index contributed by atoms with van der Waals surface area (Å²) in [7, 11) is 0. The lowest BCUT2D eigenvalue weighted by Crippen LogP contribution is -2.21. The minimum absolute atomic E-state index is 0.183. The number of hydrogen-bond donors (Lipinski definition) is 2. The monoisotopic (exact) mass is 626 g/mol. The molecule has 3 rings (SSSR count). The molecule has 0 aliphatic carbocycles. The highest BCUT2D eigenvalue weighted by Gasteiger charge is 2.17. The van der Waals surface area contributed by atoms with Crippen LogP contribution in [0.25, 0.3) is 6.08 Å². The zero-order chi connectivity index (χ0) is 27.7. The van der Waals surface area contributed by atoms with Crippen molar-refractivity contribution in [3.63, 3.8) is 0 Å². The van der Waals surface area contributed by atoms with Gasteiger partial charge in [-0.05, 0) is 77.9 Å². The number of rotatable bonds is 10. The SMILES string of the molecule is CCOc1cc(/C=C(/C#N)C(=O)Nc2cccc([N+](=O)[O-])c2)cc(I)c1OCC(=O)Nc1ccccc1C. The van der Waals surface area contributed by atoms with E-state index in [-0.39, 0.29) is 29.5 Å². The first-order valence-electron chi connectivity index (χ1n) is 11.3. The van der Waals surface area contributed by atoms with Gasteiger partial charge in [-0.25, -0.2) is 0 Å². The van der Waals surface area contributed by atoms with Gasteiger partial charge in [0.25, 0.3) is 17.5 Å². The Morgan fingerprint density at radius 1 is 1.11 bits per heavy atom. The second-order valence-electron chi connectivity index (χ2n) is 7.85. The summed E-state index contributed by atoms with van der Waals surface area (Å²) in [6, 6.07) is 17.9. The topological polar surface area (TPSA) is 144 Å². The van der Waals surface area contributed by atoms with Crippen molar-refractivity contribution in [3.8, 4) is 17.6 Å². The summed E-state index contributed by atoms with van der Waals surface area (Å²) in [5.41, 5.74) is 1.87. The number of halogens is 1. The van der Waals surface area contributed by atoms with Crippen LogP contribution in [0.2, 0.25) is 0 Å². The van der Waals surface area contributed by atoms with E-state index in [4.69, 9.17) is 9.47 Å². The molecular weight excluding hydrogens is 603 g/mol. The second kappa shape index (κ2) is 13.2. The Balaban J connectivity index is 1.78. The predicted octanol–water partition coefficient (Wildman–Crippen LogP) is 5.47. The number of nitrogens with one attached hydrogen (secondary N) is 2. The molecule has 3 aromatic rings. The van der Waals surface area contributed by atoms with Gasteiger partial charge in [-0.1, -0.05) is 24.3 Å². The van der Waals surface area contributed by atoms with Crippen molar-refractivity contribution in [2.45, 2.75) is 13.8 Å². The first-order valence-corrected chi connectivity index (χ1v) is 12.4. The Morgan fingerprint density at radius 3 is 2.55 bits per heavy atom. The minimum Gasteiger partial charge on any atom is -0.490 e. The van der Waals surface area contributed by atoms with E-state index in [1.807, 2.05) is 53.8 Å². The van der Waals surface area contributed by atoms with E-state index in [1.54, 1.807) is 25.1 Å². The molecule has 0 bridgehead atoms. The maximum atomic E-state index is 12.7. The van der Waals surface area contributed by atoms with Gasteiger partial charge < -0.3 is 20.1 Å². The number of aryl methyl sites for hydroxylation is 1. The Labute approximate surface area is 232 Å². The van der Waals surface area contributed by atoms with Crippen LogP contribution in [-0.2, 0) is 9.59 Å². The molecular formula is C27H23IN4O6. The number of hydrogen-bond acceptors (Lipinski definition) is 7. The van der Waals surface area contributed by atoms with Gasteiger partial charge in [0, 0.05) is 23.5 Å². The second-order valence-corrected chi connectivity index (χ2v) is 9.01. The maximum Gasteiger partial charge on any atom is 0.271 e. The molecule has 0 aliphatic rings. The van der Waals surface area contributed by atoms with E-state index in [1.165, 1.54) is 30.3 Å². The van der Waals surface area contributed by atoms with E-state index >= 15 is 0 Å². The summed E-state index contributed by atoms with van der Waals surface area (Å²) in [4.78, 5) is 35.5. The van der Waals surface area contributed by atoms with Crippen molar-refractivity contribution in [2.24, 2.45) is 0 Å². The van der Waals surface area contributed by atoms with Gasteiger partial charge in [0.1, 0.15) is 11.6 Å². The Morgan fingerprint density at radius 2 is 1.87 bits per heavy atom. The lowest BCUT2D eigenvalue weighted by molar-refractivity contribution is -0.384. The number of benzene rings is 3. The molecule has 11 heteroatoms. The predicted molar refractivity (Wildman–Crippen MR) is 151 cm³/mol. The standard InChI is InChI=1S/C27H23IN4O6/c1-3-37-24-13-18(11-19(15-29)27(34)30-20-8-6-9-21(14-20)32(35)36)12-22(28)26(24)38-16-25(33)31-23-10-5-4-7-17(23)2/h4-14H,3,16H2,1-2H3,(H,30,34)(H,31,33)/b19-11-. The molecule has 0 unspecified atom stereocenters. The van der Waals surface area contributed by atoms with Crippen LogP contribution in [0.4, 0.5) is 17.1 Å². The van der Waals surface area contributed by atoms with Crippen LogP contribution in [0, 0.1) is 31.9 Å². The minimum atomic E-state index is -0.728. The summed E-state index contributed by atoms with van der Waals surface area (Å²) in [6.45, 7) is 3.73. The smallest absolute Gasteiger partial charge is 0.271 e. The van der Waals surface area contributed by atoms with Crippen molar-refractivity contribution in [3.05, 3.63) is 91.0 Å². The fourth-order valence-electron chi connectivity index (χ4n) is 3.32. The summed E-state index contributed by atoms with van der Waals surface area (Å²) >= 11 is 2.02. The summed E-state index contributed by atoms with van der Waals surface area (Å²) < 4.78 is 12.1. The molecule has 2 amide bonds. The van der Waals surface area contributed by atoms with Crippen LogP contribution < -0.4 is 20.1 Å². The average molecular weight is 626 g/mol. The van der Waals surface area contributed by atoms with E-state index < -0.39 is 10.8 Å². The number of carbonyl (C=O) groups is 2. The molecule has 0 spiro atoms. The van der Waals surface area contributed by atoms with E-state index in [9.17, 15) is 25.0 Å². The lowest BCUT2D eigenvalue weighted by Gasteiger charge is -2.15. The quantitative estimate of drug-likeness (QED) is 0.0999. The van der Waals surface area contributed by atoms with E-state index in [2.05, 4.69) is 10.6 Å². The van der Waals surface area contributed by atoms with Crippen LogP contribution in [-0.4, -0.2) is 30.0 Å². The number of nitrogens with zero attached hydrogens (tertiary/aromatic N) is 2. The normalized spacial score (nSPS) is 10.7. The molecule has 0 radical (unpaired) electrons. The zero-order valence-corrected chi connectivity index (χ0v) is 22.6. The fourth-order valence-corrected chi connectivity index (χ4v) is 4.10. The van der Waals surface area contributed by atoms with E-state index in [0.717, 1.165) is 5.56 Å². The highest BCUT2D eigenvalue weighted by molar-refractivity contribution is 14.1. The summed E-state index contributed by atoms with van der Waals surface area (Å²) in [6.07, 6.45) is 1.37. The van der Waals surface area contributed by atoms with Crippen molar-refractivity contribution >= 4 is 57.5 Å². The number of carbonyl (C=O) groups excluding carboxylic acids is 2. The third kappa shape index (κ3) is 7.53. The molecule has 38 heavy (non-hydrogen) atoms. The molecule has 0 atom stereocenters. The first-order chi connectivity index (χ1) is 18.2. The van der Waals surface area contributed by atoms with E-state index in [0.29, 0.717) is 32.9 Å². The Kier molecular flexibility index (Phi) is 9.78. The molecule has 0 aliphatic heterocycles. The average Bonchev–Trinajstić information content (AvgIpc) is 2.88. The zero-order valence-electron chi connectivity index (χ0n) is 20.5. The van der Waals surface area contributed by atoms with Gasteiger partial charge in [0.15, 0.2) is 18.1 Å². The van der Waals surface area contributed by atoms with Gasteiger partial charge in [-0.3, -0.25) is 19.7 Å². The van der Waals surface area contributed by atoms with Crippen LogP contribution in [0.15, 0.2) is 66.2 Å². The third-order valence-electron chi connectivity index (χ3n) is 5.09. The molecule has 194 valence electrons. The lowest BCUT2D eigenvalue weighted by atomic mass is 10.1. The molecule has 10 nitrogen and oxygen atoms in total. The van der Waals surface area contributed by atoms with Crippen LogP contribution in [0.5, 0.6) is 11.5 Å². The molecule has 0 saturated carbocycles. The number of amides is 2. The molecule has 0 heterocycles. The number of non-ortho nitro benzene ring substituents is 1. The number of nitro groups is 1. The molecule has 0 fully saturated rings. The molecule has 2 N–H and O–H groups in total. The fraction of sp³-hybridized carbons (Fsp3) is 0.148. The summed E-state index contributed by atoms with van der Waals surface area (Å²) in [5, 5.41) is 25.8. The first kappa shape index (κ1) is 28.1. The van der Waals surface area contributed by atoms with Gasteiger partial charge in [0.2, 0.25) is 0 Å². The van der Waals surface area contributed by atoms with Gasteiger partial charge >= 0.3 is 0 Å². The van der Waals surface area contributed by atoms with Crippen LogP contribution >= 0.6 is 22.6 Å². The number of anilines is 2. The van der Waals surface area contributed by atoms with Crippen molar-refractivity contribution in [2.75, 3.05) is 23.8 Å². The number of ether oxygens (including phenoxy) is 2. The van der Waals surface area contributed by atoms with Gasteiger partial charge in [-0.2, -0.15) is 5.26 Å². The van der Waals surface area contributed by atoms with Crippen molar-refractivity contribution in [1.29, 1.82) is 5.26 Å². The number of para-hydroxylation sites is 1. The highest BCUT2D eigenvalue weighted by Crippen LogP contribution is 2.35. The van der Waals surface area contributed by atoms with Crippen LogP contribution in [0.3, 0.4) is 0 Å². The van der Waals surface area contributed by atoms with Crippen molar-refractivity contribution in [1.82, 2.24) is 0 Å². The highest BCUT2D eigenvalue weighted by atomic mass is 127. The molecule has 0 saturated heterocycles. The van der Waals surface area contributed by atoms with Crippen molar-refractivity contribution < 1.29 is 24.0 Å². The Bertz CT molecular complexity index is 1450.